The van der Waals surface area contributed by atoms with Crippen LogP contribution < -0.4 is 4.74 Å². The zero-order valence-corrected chi connectivity index (χ0v) is 10.8. The van der Waals surface area contributed by atoms with Gasteiger partial charge in [0.1, 0.15) is 11.5 Å². The second kappa shape index (κ2) is 5.34. The van der Waals surface area contributed by atoms with Crippen LogP contribution in [0, 0.1) is 0 Å². The van der Waals surface area contributed by atoms with E-state index in [1.165, 1.54) is 0 Å². The van der Waals surface area contributed by atoms with E-state index < -0.39 is 0 Å². The van der Waals surface area contributed by atoms with Crippen LogP contribution in [0.3, 0.4) is 0 Å². The smallest absolute Gasteiger partial charge is 0.134 e. The highest BCUT2D eigenvalue weighted by Gasteiger charge is 2.02. The Labute approximate surface area is 109 Å². The van der Waals surface area contributed by atoms with Crippen molar-refractivity contribution in [2.24, 2.45) is 0 Å². The fourth-order valence-corrected chi connectivity index (χ4v) is 2.43. The number of rotatable bonds is 3. The van der Waals surface area contributed by atoms with E-state index >= 15 is 0 Å². The van der Waals surface area contributed by atoms with Gasteiger partial charge in [-0.05, 0) is 42.5 Å². The number of ether oxygens (including phenoxy) is 1. The lowest BCUT2D eigenvalue weighted by atomic mass is 10.3. The topological polar surface area (TPSA) is 29.5 Å². The first-order valence-electron chi connectivity index (χ1n) is 4.99. The third kappa shape index (κ3) is 3.08. The van der Waals surface area contributed by atoms with Crippen LogP contribution in [0.15, 0.2) is 52.3 Å². The molecule has 0 saturated heterocycles. The molecule has 2 nitrogen and oxygen atoms in total. The summed E-state index contributed by atoms with van der Waals surface area (Å²) in [5, 5.41) is 9.68. The highest BCUT2D eigenvalue weighted by atomic mass is 35.5. The van der Waals surface area contributed by atoms with E-state index in [0.29, 0.717) is 5.02 Å². The summed E-state index contributed by atoms with van der Waals surface area (Å²) in [6.45, 7) is 0. The van der Waals surface area contributed by atoms with Crippen LogP contribution >= 0.6 is 23.4 Å². The van der Waals surface area contributed by atoms with Crippen LogP contribution in [-0.2, 0) is 0 Å². The maximum atomic E-state index is 9.32. The Bertz CT molecular complexity index is 511. The average Bonchev–Trinajstić information content (AvgIpc) is 2.35. The number of hydrogen-bond donors (Lipinski definition) is 1. The van der Waals surface area contributed by atoms with Gasteiger partial charge in [0.15, 0.2) is 0 Å². The molecule has 17 heavy (non-hydrogen) atoms. The Hall–Kier alpha value is -1.32. The van der Waals surface area contributed by atoms with Crippen molar-refractivity contribution in [2.75, 3.05) is 7.11 Å². The van der Waals surface area contributed by atoms with Crippen LogP contribution in [-0.4, -0.2) is 12.2 Å². The van der Waals surface area contributed by atoms with Crippen LogP contribution in [0.25, 0.3) is 0 Å². The van der Waals surface area contributed by atoms with Gasteiger partial charge in [0, 0.05) is 9.79 Å². The van der Waals surface area contributed by atoms with E-state index in [9.17, 15) is 5.11 Å². The fraction of sp³-hybridized carbons (Fsp3) is 0.0769. The minimum absolute atomic E-state index is 0.103. The van der Waals surface area contributed by atoms with Crippen molar-refractivity contribution in [3.8, 4) is 11.5 Å². The predicted octanol–water partition coefficient (Wildman–Crippen LogP) is 4.21. The summed E-state index contributed by atoms with van der Waals surface area (Å²) >= 11 is 7.42. The molecule has 0 atom stereocenters. The molecule has 4 heteroatoms. The Morgan fingerprint density at radius 3 is 2.29 bits per heavy atom. The number of phenols is 1. The lowest BCUT2D eigenvalue weighted by molar-refractivity contribution is 0.414. The molecule has 2 aromatic rings. The summed E-state index contributed by atoms with van der Waals surface area (Å²) in [5.74, 6) is 0.934. The van der Waals surface area contributed by atoms with Crippen molar-refractivity contribution in [3.63, 3.8) is 0 Å². The molecule has 0 saturated carbocycles. The van der Waals surface area contributed by atoms with E-state index in [2.05, 4.69) is 0 Å². The number of hydrogen-bond acceptors (Lipinski definition) is 3. The summed E-state index contributed by atoms with van der Waals surface area (Å²) in [4.78, 5) is 2.07. The van der Waals surface area contributed by atoms with Gasteiger partial charge in [0.25, 0.3) is 0 Å². The van der Waals surface area contributed by atoms with Gasteiger partial charge in [-0.1, -0.05) is 23.4 Å². The summed E-state index contributed by atoms with van der Waals surface area (Å²) in [5.41, 5.74) is 0. The first-order valence-corrected chi connectivity index (χ1v) is 6.19. The normalized spacial score (nSPS) is 10.2. The molecule has 0 fully saturated rings. The van der Waals surface area contributed by atoms with Gasteiger partial charge in [-0.25, -0.2) is 0 Å². The average molecular weight is 267 g/mol. The minimum Gasteiger partial charge on any atom is -0.506 e. The number of methoxy groups -OCH3 is 1. The maximum absolute atomic E-state index is 9.32. The molecule has 2 rings (SSSR count). The summed E-state index contributed by atoms with van der Waals surface area (Å²) in [6, 6.07) is 12.9. The second-order valence-corrected chi connectivity index (χ2v) is 4.94. The quantitative estimate of drug-likeness (QED) is 0.903. The molecule has 0 aliphatic rings. The molecular formula is C13H11ClO2S. The lowest BCUT2D eigenvalue weighted by Crippen LogP contribution is -1.81. The molecule has 0 unspecified atom stereocenters. The highest BCUT2D eigenvalue weighted by Crippen LogP contribution is 2.33. The molecule has 0 radical (unpaired) electrons. The zero-order valence-electron chi connectivity index (χ0n) is 9.18. The molecule has 0 spiro atoms. The molecule has 0 aromatic heterocycles. The first kappa shape index (κ1) is 12.1. The van der Waals surface area contributed by atoms with E-state index in [4.69, 9.17) is 16.3 Å². The van der Waals surface area contributed by atoms with Crippen LogP contribution in [0.1, 0.15) is 0 Å². The van der Waals surface area contributed by atoms with E-state index in [1.807, 2.05) is 30.3 Å². The van der Waals surface area contributed by atoms with Gasteiger partial charge < -0.3 is 9.84 Å². The molecule has 0 amide bonds. The van der Waals surface area contributed by atoms with Crippen LogP contribution in [0.5, 0.6) is 11.5 Å². The fourth-order valence-electron chi connectivity index (χ4n) is 1.33. The summed E-state index contributed by atoms with van der Waals surface area (Å²) in [7, 11) is 1.64. The van der Waals surface area contributed by atoms with Crippen molar-refractivity contribution >= 4 is 23.4 Å². The minimum atomic E-state index is 0.103. The SMILES string of the molecule is COc1ccc(Sc2ccc(O)c(Cl)c2)cc1. The molecule has 2 aromatic carbocycles. The van der Waals surface area contributed by atoms with Crippen LogP contribution in [0.2, 0.25) is 5.02 Å². The van der Waals surface area contributed by atoms with E-state index in [-0.39, 0.29) is 5.75 Å². The van der Waals surface area contributed by atoms with Gasteiger partial charge in [0.05, 0.1) is 12.1 Å². The maximum Gasteiger partial charge on any atom is 0.134 e. The van der Waals surface area contributed by atoms with Crippen molar-refractivity contribution in [1.29, 1.82) is 0 Å². The number of benzene rings is 2. The molecule has 0 bridgehead atoms. The van der Waals surface area contributed by atoms with Crippen molar-refractivity contribution in [1.82, 2.24) is 0 Å². The zero-order chi connectivity index (χ0) is 12.3. The van der Waals surface area contributed by atoms with Gasteiger partial charge >= 0.3 is 0 Å². The molecule has 88 valence electrons. The van der Waals surface area contributed by atoms with Crippen LogP contribution in [0.4, 0.5) is 0 Å². The second-order valence-electron chi connectivity index (χ2n) is 3.39. The molecule has 0 aliphatic carbocycles. The van der Waals surface area contributed by atoms with Gasteiger partial charge in [-0.15, -0.1) is 0 Å². The largest absolute Gasteiger partial charge is 0.506 e. The Kier molecular flexibility index (Phi) is 3.82. The van der Waals surface area contributed by atoms with E-state index in [1.54, 1.807) is 31.0 Å². The number of halogens is 1. The molecule has 0 aliphatic heterocycles. The monoisotopic (exact) mass is 266 g/mol. The third-order valence-corrected chi connectivity index (χ3v) is 3.51. The third-order valence-electron chi connectivity index (χ3n) is 2.21. The van der Waals surface area contributed by atoms with Gasteiger partial charge in [-0.2, -0.15) is 0 Å². The lowest BCUT2D eigenvalue weighted by Gasteiger charge is -2.04. The molecular weight excluding hydrogens is 256 g/mol. The Morgan fingerprint density at radius 1 is 1.06 bits per heavy atom. The van der Waals surface area contributed by atoms with Gasteiger partial charge in [-0.3, -0.25) is 0 Å². The van der Waals surface area contributed by atoms with Crippen molar-refractivity contribution in [3.05, 3.63) is 47.5 Å². The van der Waals surface area contributed by atoms with Gasteiger partial charge in [0.2, 0.25) is 0 Å². The standard InChI is InChI=1S/C13H11ClO2S/c1-16-9-2-4-10(5-3-9)17-11-6-7-13(15)12(14)8-11/h2-8,15H,1H3. The first-order chi connectivity index (χ1) is 8.19. The summed E-state index contributed by atoms with van der Waals surface area (Å²) < 4.78 is 5.09. The molecule has 0 heterocycles. The number of phenolic OH excluding ortho intramolecular Hbond substituents is 1. The van der Waals surface area contributed by atoms with E-state index in [0.717, 1.165) is 15.5 Å². The van der Waals surface area contributed by atoms with Crippen molar-refractivity contribution < 1.29 is 9.84 Å². The summed E-state index contributed by atoms with van der Waals surface area (Å²) in [6.07, 6.45) is 0. The Balaban J connectivity index is 2.16. The number of aromatic hydroxyl groups is 1. The highest BCUT2D eigenvalue weighted by molar-refractivity contribution is 7.99. The predicted molar refractivity (Wildman–Crippen MR) is 70.2 cm³/mol. The molecule has 1 N–H and O–H groups in total. The Morgan fingerprint density at radius 2 is 1.71 bits per heavy atom. The van der Waals surface area contributed by atoms with Crippen molar-refractivity contribution in [2.45, 2.75) is 9.79 Å².